The Morgan fingerprint density at radius 1 is 1.29 bits per heavy atom. The van der Waals surface area contributed by atoms with Crippen LogP contribution in [0.1, 0.15) is 10.5 Å². The zero-order chi connectivity index (χ0) is 20.1. The minimum atomic E-state index is -1.10. The quantitative estimate of drug-likeness (QED) is 0.619. The Bertz CT molecular complexity index is 1050. The Labute approximate surface area is 165 Å². The van der Waals surface area contributed by atoms with Crippen molar-refractivity contribution in [3.05, 3.63) is 71.9 Å². The van der Waals surface area contributed by atoms with Gasteiger partial charge < -0.3 is 10.5 Å². The second-order valence-corrected chi connectivity index (χ2v) is 6.85. The molecule has 1 aromatic carbocycles. The molecule has 3 rings (SSSR count). The molecule has 0 saturated heterocycles. The lowest BCUT2D eigenvalue weighted by atomic mass is 10.0. The van der Waals surface area contributed by atoms with E-state index in [4.69, 9.17) is 10.00 Å². The van der Waals surface area contributed by atoms with Gasteiger partial charge in [-0.15, -0.1) is 11.3 Å². The summed E-state index contributed by atoms with van der Waals surface area (Å²) in [5.74, 6) is -2.38. The van der Waals surface area contributed by atoms with E-state index in [2.05, 4.69) is 17.4 Å². The minimum Gasteiger partial charge on any atom is -0.453 e. The van der Waals surface area contributed by atoms with Gasteiger partial charge in [-0.05, 0) is 30.2 Å². The number of nitrogens with zero attached hydrogens (tertiary/aromatic N) is 3. The van der Waals surface area contributed by atoms with Gasteiger partial charge in [-0.2, -0.15) is 10.4 Å². The van der Waals surface area contributed by atoms with Crippen molar-refractivity contribution in [1.29, 1.82) is 5.26 Å². The highest BCUT2D eigenvalue weighted by Gasteiger charge is 2.25. The SMILES string of the molecule is C=C([NH3+])[C@H](C#N)C(=O)COC(=O)c1cc(-c2cccs2)nn1-c1ccccc1. The van der Waals surface area contributed by atoms with Gasteiger partial charge in [0.25, 0.3) is 0 Å². The molecule has 0 aliphatic heterocycles. The molecule has 2 heterocycles. The number of ether oxygens (including phenoxy) is 1. The van der Waals surface area contributed by atoms with Crippen LogP contribution in [0.2, 0.25) is 0 Å². The first-order valence-corrected chi connectivity index (χ1v) is 9.19. The van der Waals surface area contributed by atoms with Gasteiger partial charge in [0.05, 0.1) is 16.6 Å². The Kier molecular flexibility index (Phi) is 5.79. The fraction of sp³-hybridized carbons (Fsp3) is 0.100. The Balaban J connectivity index is 1.88. The molecule has 0 spiro atoms. The van der Waals surface area contributed by atoms with Crippen molar-refractivity contribution in [3.63, 3.8) is 0 Å². The molecule has 1 atom stereocenters. The number of para-hydroxylation sites is 1. The van der Waals surface area contributed by atoms with E-state index in [1.807, 2.05) is 47.8 Å². The average Bonchev–Trinajstić information content (AvgIpc) is 3.36. The maximum atomic E-state index is 12.7. The number of rotatable bonds is 7. The molecule has 0 saturated carbocycles. The molecule has 0 amide bonds. The lowest BCUT2D eigenvalue weighted by Gasteiger charge is -2.08. The Hall–Kier alpha value is -3.54. The second-order valence-electron chi connectivity index (χ2n) is 5.90. The summed E-state index contributed by atoms with van der Waals surface area (Å²) < 4.78 is 6.63. The fourth-order valence-corrected chi connectivity index (χ4v) is 3.20. The van der Waals surface area contributed by atoms with Crippen molar-refractivity contribution >= 4 is 23.1 Å². The number of carbonyl (C=O) groups excluding carboxylic acids is 2. The van der Waals surface area contributed by atoms with Crippen LogP contribution in [0.15, 0.2) is 66.2 Å². The molecule has 0 fully saturated rings. The lowest BCUT2D eigenvalue weighted by molar-refractivity contribution is -0.309. The normalized spacial score (nSPS) is 11.4. The smallest absolute Gasteiger partial charge is 0.357 e. The predicted octanol–water partition coefficient (Wildman–Crippen LogP) is 2.22. The number of ketones is 1. The molecule has 0 unspecified atom stereocenters. The van der Waals surface area contributed by atoms with Gasteiger partial charge >= 0.3 is 5.97 Å². The first-order chi connectivity index (χ1) is 13.5. The van der Waals surface area contributed by atoms with Crippen LogP contribution in [0.4, 0.5) is 0 Å². The zero-order valence-electron chi connectivity index (χ0n) is 14.9. The van der Waals surface area contributed by atoms with Gasteiger partial charge in [-0.25, -0.2) is 9.48 Å². The van der Waals surface area contributed by atoms with E-state index in [-0.39, 0.29) is 11.4 Å². The molecular formula is C20H17N4O3S+. The third-order valence-electron chi connectivity index (χ3n) is 3.90. The van der Waals surface area contributed by atoms with Crippen LogP contribution in [0.5, 0.6) is 0 Å². The van der Waals surface area contributed by atoms with Crippen LogP contribution in [0.3, 0.4) is 0 Å². The van der Waals surface area contributed by atoms with Gasteiger partial charge in [-0.1, -0.05) is 24.3 Å². The van der Waals surface area contributed by atoms with E-state index in [0.29, 0.717) is 11.4 Å². The lowest BCUT2D eigenvalue weighted by Crippen LogP contribution is -2.51. The van der Waals surface area contributed by atoms with E-state index in [0.717, 1.165) is 4.88 Å². The van der Waals surface area contributed by atoms with E-state index < -0.39 is 24.3 Å². The number of nitriles is 1. The van der Waals surface area contributed by atoms with Crippen LogP contribution in [-0.4, -0.2) is 28.1 Å². The predicted molar refractivity (Wildman–Crippen MR) is 103 cm³/mol. The van der Waals surface area contributed by atoms with E-state index in [9.17, 15) is 9.59 Å². The van der Waals surface area contributed by atoms with Crippen LogP contribution < -0.4 is 5.73 Å². The number of benzene rings is 1. The van der Waals surface area contributed by atoms with E-state index >= 15 is 0 Å². The topological polar surface area (TPSA) is 113 Å². The monoisotopic (exact) mass is 393 g/mol. The molecule has 3 N–H and O–H groups in total. The molecule has 2 aromatic heterocycles. The number of thiophene rings is 1. The van der Waals surface area contributed by atoms with Crippen LogP contribution >= 0.6 is 11.3 Å². The molecule has 3 aromatic rings. The van der Waals surface area contributed by atoms with Crippen molar-refractivity contribution in [2.24, 2.45) is 5.92 Å². The maximum absolute atomic E-state index is 12.7. The summed E-state index contributed by atoms with van der Waals surface area (Å²) in [6.45, 7) is 2.97. The van der Waals surface area contributed by atoms with Gasteiger partial charge in [0.2, 0.25) is 0 Å². The Morgan fingerprint density at radius 3 is 2.64 bits per heavy atom. The van der Waals surface area contributed by atoms with Crippen LogP contribution in [0.25, 0.3) is 16.3 Å². The standard InChI is InChI=1S/C20H16N4O3S/c1-13(22)15(11-21)18(25)12-27-20(26)17-10-16(19-8-5-9-28-19)23-24(17)14-6-3-2-4-7-14/h2-10,15H,1,12,22H2/p+1/t15-/m0/s1. The van der Waals surface area contributed by atoms with Crippen molar-refractivity contribution in [2.75, 3.05) is 6.61 Å². The van der Waals surface area contributed by atoms with Crippen molar-refractivity contribution in [2.45, 2.75) is 0 Å². The average molecular weight is 393 g/mol. The summed E-state index contributed by atoms with van der Waals surface area (Å²) in [4.78, 5) is 25.6. The largest absolute Gasteiger partial charge is 0.453 e. The summed E-state index contributed by atoms with van der Waals surface area (Å²) in [7, 11) is 0. The molecule has 0 radical (unpaired) electrons. The number of aromatic nitrogens is 2. The van der Waals surface area contributed by atoms with Gasteiger partial charge in [0.1, 0.15) is 11.4 Å². The summed E-state index contributed by atoms with van der Waals surface area (Å²) in [5, 5.41) is 15.5. The maximum Gasteiger partial charge on any atom is 0.357 e. The van der Waals surface area contributed by atoms with Crippen LogP contribution in [-0.2, 0) is 9.53 Å². The number of carbonyl (C=O) groups is 2. The molecule has 28 heavy (non-hydrogen) atoms. The highest BCUT2D eigenvalue weighted by Crippen LogP contribution is 2.26. The van der Waals surface area contributed by atoms with Gasteiger partial charge in [0, 0.05) is 6.07 Å². The number of allylic oxidation sites excluding steroid dienone is 1. The van der Waals surface area contributed by atoms with Crippen molar-refractivity contribution in [1.82, 2.24) is 9.78 Å². The highest BCUT2D eigenvalue weighted by molar-refractivity contribution is 7.13. The fourth-order valence-electron chi connectivity index (χ4n) is 2.52. The summed E-state index contributed by atoms with van der Waals surface area (Å²) >= 11 is 1.50. The number of quaternary nitrogens is 1. The molecule has 140 valence electrons. The number of hydrogen-bond donors (Lipinski definition) is 1. The number of hydrogen-bond acceptors (Lipinski definition) is 6. The molecule has 7 nitrogen and oxygen atoms in total. The zero-order valence-corrected chi connectivity index (χ0v) is 15.7. The molecule has 0 aliphatic rings. The first-order valence-electron chi connectivity index (χ1n) is 8.31. The number of Topliss-reactive ketones (excluding diaryl/α,β-unsaturated/α-hetero) is 1. The van der Waals surface area contributed by atoms with Crippen LogP contribution in [0, 0.1) is 17.2 Å². The third kappa shape index (κ3) is 4.06. The second kappa shape index (κ2) is 8.43. The Morgan fingerprint density at radius 2 is 2.04 bits per heavy atom. The summed E-state index contributed by atoms with van der Waals surface area (Å²) in [6, 6.07) is 16.4. The molecular weight excluding hydrogens is 376 g/mol. The highest BCUT2D eigenvalue weighted by atomic mass is 32.1. The van der Waals surface area contributed by atoms with Gasteiger partial charge in [-0.3, -0.25) is 4.79 Å². The molecule has 0 aliphatic carbocycles. The first kappa shape index (κ1) is 19.2. The van der Waals surface area contributed by atoms with Crippen molar-refractivity contribution in [3.8, 4) is 22.3 Å². The molecule has 0 bridgehead atoms. The van der Waals surface area contributed by atoms with Gasteiger partial charge in [0.15, 0.2) is 24.0 Å². The van der Waals surface area contributed by atoms with E-state index in [1.165, 1.54) is 16.0 Å². The van der Waals surface area contributed by atoms with Crippen molar-refractivity contribution < 1.29 is 20.1 Å². The minimum absolute atomic E-state index is 0.165. The summed E-state index contributed by atoms with van der Waals surface area (Å²) in [6.07, 6.45) is 0. The summed E-state index contributed by atoms with van der Waals surface area (Å²) in [5.41, 5.74) is 5.17. The third-order valence-corrected chi connectivity index (χ3v) is 4.79. The number of esters is 1. The molecule has 8 heteroatoms. The van der Waals surface area contributed by atoms with E-state index in [1.54, 1.807) is 12.1 Å².